The summed E-state index contributed by atoms with van der Waals surface area (Å²) in [7, 11) is 0. The molecule has 0 saturated heterocycles. The molecule has 8 nitrogen and oxygen atoms in total. The molecule has 3 aromatic rings. The highest BCUT2D eigenvalue weighted by atomic mass is 32.2. The van der Waals surface area contributed by atoms with E-state index < -0.39 is 0 Å². The van der Waals surface area contributed by atoms with E-state index in [2.05, 4.69) is 15.5 Å². The number of para-hydroxylation sites is 1. The van der Waals surface area contributed by atoms with Gasteiger partial charge in [-0.25, -0.2) is 0 Å². The summed E-state index contributed by atoms with van der Waals surface area (Å²) in [5.41, 5.74) is 1.71. The Morgan fingerprint density at radius 1 is 1.19 bits per heavy atom. The van der Waals surface area contributed by atoms with Gasteiger partial charge in [0.1, 0.15) is 11.6 Å². The van der Waals surface area contributed by atoms with Gasteiger partial charge in [0, 0.05) is 16.6 Å². The van der Waals surface area contributed by atoms with Crippen molar-refractivity contribution in [3.8, 4) is 11.5 Å². The molecule has 3 heterocycles. The van der Waals surface area contributed by atoms with Crippen LogP contribution in [0.2, 0.25) is 0 Å². The number of aromatic nitrogens is 2. The van der Waals surface area contributed by atoms with Gasteiger partial charge in [-0.1, -0.05) is 36.5 Å². The average molecular weight is 469 g/mol. The molecule has 2 aliphatic heterocycles. The van der Waals surface area contributed by atoms with E-state index in [1.54, 1.807) is 16.7 Å². The van der Waals surface area contributed by atoms with Gasteiger partial charge < -0.3 is 14.4 Å². The molecule has 0 fully saturated rings. The smallest absolute Gasteiger partial charge is 0.246 e. The molecule has 0 spiro atoms. The van der Waals surface area contributed by atoms with Crippen LogP contribution in [0.15, 0.2) is 47.4 Å². The Kier molecular flexibility index (Phi) is 5.71. The molecule has 10 heteroatoms. The topological polar surface area (TPSA) is 93.7 Å². The maximum atomic E-state index is 13.3. The van der Waals surface area contributed by atoms with Crippen molar-refractivity contribution in [1.82, 2.24) is 10.2 Å². The van der Waals surface area contributed by atoms with Crippen LogP contribution >= 0.6 is 23.1 Å². The second-order valence-corrected chi connectivity index (χ2v) is 9.58. The second-order valence-electron chi connectivity index (χ2n) is 7.27. The summed E-state index contributed by atoms with van der Waals surface area (Å²) in [5.74, 6) is 0.971. The van der Waals surface area contributed by atoms with Gasteiger partial charge in [-0.15, -0.1) is 22.0 Å². The summed E-state index contributed by atoms with van der Waals surface area (Å²) >= 11 is 2.95. The van der Waals surface area contributed by atoms with Crippen LogP contribution in [0.1, 0.15) is 29.2 Å². The van der Waals surface area contributed by atoms with Gasteiger partial charge in [0.25, 0.3) is 0 Å². The van der Waals surface area contributed by atoms with Crippen LogP contribution in [0.4, 0.5) is 10.8 Å². The average Bonchev–Trinajstić information content (AvgIpc) is 3.43. The van der Waals surface area contributed by atoms with Crippen molar-refractivity contribution < 1.29 is 19.1 Å². The quantitative estimate of drug-likeness (QED) is 0.604. The lowest BCUT2D eigenvalue weighted by Crippen LogP contribution is -2.38. The van der Waals surface area contributed by atoms with Crippen LogP contribution in [0.25, 0.3) is 0 Å². The van der Waals surface area contributed by atoms with Gasteiger partial charge in [-0.05, 0) is 36.2 Å². The lowest BCUT2D eigenvalue weighted by atomic mass is 10.1. The van der Waals surface area contributed by atoms with E-state index in [0.717, 1.165) is 27.6 Å². The van der Waals surface area contributed by atoms with Crippen LogP contribution < -0.4 is 19.7 Å². The Hall–Kier alpha value is -3.11. The first-order valence-electron chi connectivity index (χ1n) is 10.2. The summed E-state index contributed by atoms with van der Waals surface area (Å²) in [5, 5.41) is 11.9. The van der Waals surface area contributed by atoms with Crippen molar-refractivity contribution in [2.45, 2.75) is 29.9 Å². The zero-order chi connectivity index (χ0) is 22.1. The molecule has 5 rings (SSSR count). The third-order valence-electron chi connectivity index (χ3n) is 5.17. The van der Waals surface area contributed by atoms with Crippen molar-refractivity contribution in [1.29, 1.82) is 0 Å². The monoisotopic (exact) mass is 468 g/mol. The van der Waals surface area contributed by atoms with Gasteiger partial charge in [0.05, 0.1) is 5.69 Å². The Morgan fingerprint density at radius 3 is 2.88 bits per heavy atom. The Balaban J connectivity index is 1.38. The Morgan fingerprint density at radius 2 is 2.03 bits per heavy atom. The fourth-order valence-corrected chi connectivity index (χ4v) is 5.57. The molecule has 32 heavy (non-hydrogen) atoms. The Labute approximate surface area is 192 Å². The molecule has 2 aromatic carbocycles. The zero-order valence-corrected chi connectivity index (χ0v) is 18.9. The van der Waals surface area contributed by atoms with E-state index in [1.807, 2.05) is 49.4 Å². The molecule has 1 atom stereocenters. The van der Waals surface area contributed by atoms with Crippen molar-refractivity contribution in [3.63, 3.8) is 0 Å². The number of benzene rings is 2. The molecule has 1 unspecified atom stereocenters. The molecule has 1 N–H and O–H groups in total. The summed E-state index contributed by atoms with van der Waals surface area (Å²) < 4.78 is 10.9. The zero-order valence-electron chi connectivity index (χ0n) is 17.2. The first-order chi connectivity index (χ1) is 15.6. The SMILES string of the molecule is CCc1nnc(NC(=O)CN2C(=O)CC(c3ccc4c(c3)OCO4)Sc3ccccc32)s1. The van der Waals surface area contributed by atoms with E-state index >= 15 is 0 Å². The van der Waals surface area contributed by atoms with Crippen LogP contribution in [0.5, 0.6) is 11.5 Å². The molecule has 0 bridgehead atoms. The number of hydrogen-bond donors (Lipinski definition) is 1. The van der Waals surface area contributed by atoms with E-state index in [-0.39, 0.29) is 36.8 Å². The van der Waals surface area contributed by atoms with E-state index in [9.17, 15) is 9.59 Å². The number of fused-ring (bicyclic) bond motifs is 2. The van der Waals surface area contributed by atoms with Crippen LogP contribution in [0, 0.1) is 0 Å². The summed E-state index contributed by atoms with van der Waals surface area (Å²) in [4.78, 5) is 28.5. The highest BCUT2D eigenvalue weighted by Gasteiger charge is 2.31. The lowest BCUT2D eigenvalue weighted by molar-refractivity contribution is -0.121. The number of thioether (sulfide) groups is 1. The minimum absolute atomic E-state index is 0.0920. The third kappa shape index (κ3) is 4.15. The molecule has 0 aliphatic carbocycles. The molecule has 0 radical (unpaired) electrons. The standard InChI is InChI=1S/C22H20N4O4S2/c1-2-20-24-25-22(32-20)23-19(27)11-26-14-5-3-4-6-17(14)31-18(10-21(26)28)13-7-8-15-16(9-13)30-12-29-15/h3-9,18H,2,10-12H2,1H3,(H,23,25,27). The number of nitrogens with one attached hydrogen (secondary N) is 1. The minimum atomic E-state index is -0.307. The van der Waals surface area contributed by atoms with Gasteiger partial charge in [0.2, 0.25) is 23.7 Å². The predicted molar refractivity (Wildman–Crippen MR) is 122 cm³/mol. The second kappa shape index (κ2) is 8.79. The molecule has 2 aliphatic rings. The maximum absolute atomic E-state index is 13.3. The summed E-state index contributed by atoms with van der Waals surface area (Å²) in [6.07, 6.45) is 1.01. The van der Waals surface area contributed by atoms with Crippen LogP contribution in [-0.4, -0.2) is 35.3 Å². The maximum Gasteiger partial charge on any atom is 0.246 e. The van der Waals surface area contributed by atoms with E-state index in [0.29, 0.717) is 16.6 Å². The van der Waals surface area contributed by atoms with E-state index in [1.165, 1.54) is 11.3 Å². The lowest BCUT2D eigenvalue weighted by Gasteiger charge is -2.21. The third-order valence-corrected chi connectivity index (χ3v) is 7.48. The van der Waals surface area contributed by atoms with Gasteiger partial charge in [-0.2, -0.15) is 0 Å². The number of carbonyl (C=O) groups is 2. The van der Waals surface area contributed by atoms with Crippen LogP contribution in [0.3, 0.4) is 0 Å². The van der Waals surface area contributed by atoms with Gasteiger partial charge in [-0.3, -0.25) is 14.9 Å². The normalized spacial score (nSPS) is 17.1. The Bertz CT molecular complexity index is 1180. The number of anilines is 2. The highest BCUT2D eigenvalue weighted by Crippen LogP contribution is 2.47. The predicted octanol–water partition coefficient (Wildman–Crippen LogP) is 4.04. The summed E-state index contributed by atoms with van der Waals surface area (Å²) in [6.45, 7) is 2.09. The largest absolute Gasteiger partial charge is 0.454 e. The molecule has 1 aromatic heterocycles. The fraction of sp³-hybridized carbons (Fsp3) is 0.273. The van der Waals surface area contributed by atoms with Crippen molar-refractivity contribution in [2.24, 2.45) is 0 Å². The molecule has 2 amide bonds. The van der Waals surface area contributed by atoms with Crippen molar-refractivity contribution in [3.05, 3.63) is 53.0 Å². The summed E-state index contributed by atoms with van der Waals surface area (Å²) in [6, 6.07) is 13.4. The molecule has 0 saturated carbocycles. The minimum Gasteiger partial charge on any atom is -0.454 e. The van der Waals surface area contributed by atoms with Crippen molar-refractivity contribution >= 4 is 45.7 Å². The first kappa shape index (κ1) is 20.8. The number of aryl methyl sites for hydroxylation is 1. The molecule has 164 valence electrons. The number of hydrogen-bond acceptors (Lipinski definition) is 8. The number of ether oxygens (including phenoxy) is 2. The number of carbonyl (C=O) groups excluding carboxylic acids is 2. The van der Waals surface area contributed by atoms with Gasteiger partial charge in [0.15, 0.2) is 11.5 Å². The number of amides is 2. The van der Waals surface area contributed by atoms with Gasteiger partial charge >= 0.3 is 0 Å². The number of rotatable bonds is 5. The first-order valence-corrected chi connectivity index (χ1v) is 11.9. The van der Waals surface area contributed by atoms with Crippen LogP contribution in [-0.2, 0) is 16.0 Å². The van der Waals surface area contributed by atoms with E-state index in [4.69, 9.17) is 9.47 Å². The molecular formula is C22H20N4O4S2. The number of nitrogens with zero attached hydrogens (tertiary/aromatic N) is 3. The molecular weight excluding hydrogens is 448 g/mol. The van der Waals surface area contributed by atoms with Crippen molar-refractivity contribution in [2.75, 3.05) is 23.6 Å². The highest BCUT2D eigenvalue weighted by molar-refractivity contribution is 7.99. The fourth-order valence-electron chi connectivity index (χ4n) is 3.60.